The molecule has 0 atom stereocenters. The first-order chi connectivity index (χ1) is 13.0. The van der Waals surface area contributed by atoms with Gasteiger partial charge in [0, 0.05) is 76.8 Å². The first-order valence-electron chi connectivity index (χ1n) is 7.27. The number of nitro groups is 1. The SMILES string of the molecule is Cc1nc(N=Nc2cc([N+](=O)[O-])ccc2Cl)c(COP(=O)(O)O)c(C=O)c1O.O.O.[Na].[Na]. The molecule has 1 heterocycles. The molecular formula is C14H16ClN4Na2O10P. The van der Waals surface area contributed by atoms with E-state index in [-0.39, 0.29) is 115 Å². The van der Waals surface area contributed by atoms with E-state index in [0.717, 1.165) is 12.1 Å². The van der Waals surface area contributed by atoms with E-state index >= 15 is 0 Å². The smallest absolute Gasteiger partial charge is 0.469 e. The molecule has 2 radical (unpaired) electrons. The minimum Gasteiger partial charge on any atom is -0.505 e. The largest absolute Gasteiger partial charge is 0.505 e. The minimum absolute atomic E-state index is 0. The van der Waals surface area contributed by atoms with Crippen molar-refractivity contribution < 1.29 is 44.7 Å². The van der Waals surface area contributed by atoms with Crippen LogP contribution in [0, 0.1) is 17.0 Å². The van der Waals surface area contributed by atoms with E-state index in [1.54, 1.807) is 0 Å². The zero-order chi connectivity index (χ0) is 21.1. The molecule has 0 aliphatic carbocycles. The third kappa shape index (κ3) is 9.57. The van der Waals surface area contributed by atoms with Crippen molar-refractivity contribution in [1.29, 1.82) is 0 Å². The van der Waals surface area contributed by atoms with Crippen molar-refractivity contribution in [2.75, 3.05) is 0 Å². The Kier molecular flexibility index (Phi) is 16.9. The fourth-order valence-electron chi connectivity index (χ4n) is 2.03. The average Bonchev–Trinajstić information content (AvgIpc) is 2.61. The summed E-state index contributed by atoms with van der Waals surface area (Å²) in [5.41, 5.74) is -0.988. The molecule has 18 heteroatoms. The van der Waals surface area contributed by atoms with Crippen molar-refractivity contribution in [2.24, 2.45) is 10.2 Å². The van der Waals surface area contributed by atoms with Gasteiger partial charge in [-0.05, 0) is 13.0 Å². The van der Waals surface area contributed by atoms with Crippen molar-refractivity contribution in [3.63, 3.8) is 0 Å². The van der Waals surface area contributed by atoms with Crippen LogP contribution in [0.1, 0.15) is 21.6 Å². The number of phosphoric ester groups is 1. The van der Waals surface area contributed by atoms with Crippen molar-refractivity contribution in [3.8, 4) is 5.75 Å². The number of phosphoric acid groups is 1. The number of carbonyl (C=O) groups excluding carboxylic acids is 1. The van der Waals surface area contributed by atoms with Gasteiger partial charge in [0.05, 0.1) is 27.8 Å². The molecule has 32 heavy (non-hydrogen) atoms. The zero-order valence-electron chi connectivity index (χ0n) is 17.0. The van der Waals surface area contributed by atoms with E-state index in [9.17, 15) is 24.6 Å². The number of pyridine rings is 1. The summed E-state index contributed by atoms with van der Waals surface area (Å²) < 4.78 is 15.3. The molecule has 0 saturated carbocycles. The van der Waals surface area contributed by atoms with Crippen LogP contribution in [0.5, 0.6) is 5.75 Å². The number of halogens is 1. The van der Waals surface area contributed by atoms with Crippen LogP contribution in [0.3, 0.4) is 0 Å². The van der Waals surface area contributed by atoms with E-state index in [1.807, 2.05) is 0 Å². The van der Waals surface area contributed by atoms with Crippen LogP contribution in [0.4, 0.5) is 17.2 Å². The number of nitrogens with zero attached hydrogens (tertiary/aromatic N) is 4. The van der Waals surface area contributed by atoms with Gasteiger partial charge in [0.15, 0.2) is 12.1 Å². The summed E-state index contributed by atoms with van der Waals surface area (Å²) in [7, 11) is -4.90. The summed E-state index contributed by atoms with van der Waals surface area (Å²) in [4.78, 5) is 43.2. The molecule has 2 rings (SSSR count). The molecule has 0 spiro atoms. The number of aryl methyl sites for hydroxylation is 1. The molecule has 7 N–H and O–H groups in total. The number of azo groups is 1. The Morgan fingerprint density at radius 3 is 2.38 bits per heavy atom. The molecule has 0 saturated heterocycles. The predicted molar refractivity (Wildman–Crippen MR) is 114 cm³/mol. The number of aromatic hydroxyl groups is 1. The standard InChI is InChI=1S/C14H12ClN4O8P.2Na.2H2O/c1-7-13(21)9(5-20)10(6-27-28(24,25)26)14(16-7)18-17-12-4-8(19(22)23)2-3-11(12)15;;;;/h2-5,21H,6H2,1H3,(H2,24,25,26);;;2*1H2. The zero-order valence-corrected chi connectivity index (χ0v) is 22.7. The van der Waals surface area contributed by atoms with Crippen molar-refractivity contribution in [3.05, 3.63) is 50.2 Å². The Morgan fingerprint density at radius 1 is 1.28 bits per heavy atom. The van der Waals surface area contributed by atoms with Crippen LogP contribution in [-0.2, 0) is 15.7 Å². The Hall–Kier alpha value is -0.840. The number of aromatic nitrogens is 1. The summed E-state index contributed by atoms with van der Waals surface area (Å²) in [5, 5.41) is 28.3. The molecule has 166 valence electrons. The number of hydrogen-bond acceptors (Lipinski definition) is 9. The van der Waals surface area contributed by atoms with Gasteiger partial charge in [0.2, 0.25) is 0 Å². The fourth-order valence-corrected chi connectivity index (χ4v) is 2.48. The van der Waals surface area contributed by atoms with Gasteiger partial charge in [-0.1, -0.05) is 11.6 Å². The van der Waals surface area contributed by atoms with Gasteiger partial charge in [-0.3, -0.25) is 19.4 Å². The van der Waals surface area contributed by atoms with E-state index in [2.05, 4.69) is 19.7 Å². The van der Waals surface area contributed by atoms with Gasteiger partial charge in [0.25, 0.3) is 5.69 Å². The number of nitro benzene ring substituents is 1. The topological polar surface area (TPSA) is 248 Å². The molecule has 0 bridgehead atoms. The van der Waals surface area contributed by atoms with E-state index < -0.39 is 25.1 Å². The molecule has 1 aromatic carbocycles. The molecule has 0 unspecified atom stereocenters. The third-order valence-electron chi connectivity index (χ3n) is 3.35. The number of aldehydes is 1. The maximum absolute atomic E-state index is 11.3. The van der Waals surface area contributed by atoms with Crippen LogP contribution in [0.15, 0.2) is 28.4 Å². The molecule has 0 amide bonds. The summed E-state index contributed by atoms with van der Waals surface area (Å²) in [5.74, 6) is -0.819. The second-order valence-corrected chi connectivity index (χ2v) is 6.88. The second kappa shape index (κ2) is 15.1. The normalized spacial score (nSPS) is 10.2. The predicted octanol–water partition coefficient (Wildman–Crippen LogP) is 1.08. The summed E-state index contributed by atoms with van der Waals surface area (Å²) >= 11 is 5.92. The molecule has 0 aliphatic heterocycles. The quantitative estimate of drug-likeness (QED) is 0.120. The minimum atomic E-state index is -4.90. The summed E-state index contributed by atoms with van der Waals surface area (Å²) in [6, 6.07) is 3.44. The monoisotopic (exact) mass is 512 g/mol. The number of non-ortho nitro benzene ring substituents is 1. The maximum Gasteiger partial charge on any atom is 0.469 e. The molecule has 1 aromatic heterocycles. The van der Waals surface area contributed by atoms with Crippen molar-refractivity contribution in [2.45, 2.75) is 13.5 Å². The third-order valence-corrected chi connectivity index (χ3v) is 4.14. The Labute approximate surface area is 229 Å². The van der Waals surface area contributed by atoms with Gasteiger partial charge >= 0.3 is 7.82 Å². The fraction of sp³-hybridized carbons (Fsp3) is 0.143. The molecule has 0 fully saturated rings. The van der Waals surface area contributed by atoms with Crippen LogP contribution in [-0.4, -0.2) is 101 Å². The number of hydrogen-bond donors (Lipinski definition) is 3. The van der Waals surface area contributed by atoms with Gasteiger partial charge < -0.3 is 25.8 Å². The van der Waals surface area contributed by atoms with Crippen molar-refractivity contribution >= 4 is 102 Å². The number of carbonyl (C=O) groups is 1. The second-order valence-electron chi connectivity index (χ2n) is 5.24. The van der Waals surface area contributed by atoms with Crippen LogP contribution < -0.4 is 0 Å². The van der Waals surface area contributed by atoms with Gasteiger partial charge in [-0.25, -0.2) is 9.55 Å². The van der Waals surface area contributed by atoms with Crippen molar-refractivity contribution in [1.82, 2.24) is 4.98 Å². The Bertz CT molecular complexity index is 1040. The van der Waals surface area contributed by atoms with Gasteiger partial charge in [-0.15, -0.1) is 10.2 Å². The molecule has 2 aromatic rings. The first-order valence-corrected chi connectivity index (χ1v) is 9.17. The van der Waals surface area contributed by atoms with Crippen LogP contribution in [0.2, 0.25) is 5.02 Å². The van der Waals surface area contributed by atoms with Crippen LogP contribution >= 0.6 is 19.4 Å². The van der Waals surface area contributed by atoms with E-state index in [1.165, 1.54) is 13.0 Å². The van der Waals surface area contributed by atoms with Gasteiger partial charge in [0.1, 0.15) is 11.4 Å². The molecule has 0 aliphatic rings. The van der Waals surface area contributed by atoms with E-state index in [0.29, 0.717) is 0 Å². The molecule has 14 nitrogen and oxygen atoms in total. The maximum atomic E-state index is 11.3. The van der Waals surface area contributed by atoms with E-state index in [4.69, 9.17) is 21.4 Å². The van der Waals surface area contributed by atoms with Crippen LogP contribution in [0.25, 0.3) is 0 Å². The molecular weight excluding hydrogens is 497 g/mol. The first kappa shape index (κ1) is 35.7. The van der Waals surface area contributed by atoms with Gasteiger partial charge in [-0.2, -0.15) is 0 Å². The summed E-state index contributed by atoms with van der Waals surface area (Å²) in [6.45, 7) is 0.547. The Balaban J connectivity index is -0.00000210. The summed E-state index contributed by atoms with van der Waals surface area (Å²) in [6.07, 6.45) is 0.238. The number of benzene rings is 1. The Morgan fingerprint density at radius 2 is 1.88 bits per heavy atom. The number of rotatable bonds is 7. The average molecular weight is 513 g/mol.